The molecule has 1 amide bonds. The first kappa shape index (κ1) is 22.1. The Bertz CT molecular complexity index is 1010. The van der Waals surface area contributed by atoms with Crippen LogP contribution in [-0.4, -0.2) is 28.1 Å². The number of carbonyl (C=O) groups is 1. The van der Waals surface area contributed by atoms with Gasteiger partial charge in [-0.15, -0.1) is 10.2 Å². The SMILES string of the molecule is Cc1ccc(CSc2nnc(SCC(=O)N/N=C\c3ccc(Cl)c(Cl)c3)s2)cc1. The van der Waals surface area contributed by atoms with E-state index in [0.29, 0.717) is 10.0 Å². The molecule has 0 aliphatic carbocycles. The lowest BCUT2D eigenvalue weighted by Crippen LogP contribution is -2.19. The molecule has 1 N–H and O–H groups in total. The van der Waals surface area contributed by atoms with Crippen LogP contribution in [0.4, 0.5) is 0 Å². The zero-order valence-electron chi connectivity index (χ0n) is 15.3. The van der Waals surface area contributed by atoms with Crippen LogP contribution >= 0.6 is 58.1 Å². The first-order valence-electron chi connectivity index (χ1n) is 8.41. The van der Waals surface area contributed by atoms with Gasteiger partial charge in [-0.25, -0.2) is 5.43 Å². The molecule has 0 aliphatic rings. The number of amides is 1. The highest BCUT2D eigenvalue weighted by atomic mass is 35.5. The first-order chi connectivity index (χ1) is 14.0. The molecule has 0 unspecified atom stereocenters. The zero-order valence-corrected chi connectivity index (χ0v) is 19.2. The third-order valence-electron chi connectivity index (χ3n) is 3.54. The number of benzene rings is 2. The third-order valence-corrected chi connectivity index (χ3v) is 7.54. The van der Waals surface area contributed by atoms with Crippen LogP contribution in [-0.2, 0) is 10.5 Å². The monoisotopic (exact) mass is 482 g/mol. The van der Waals surface area contributed by atoms with Crippen LogP contribution < -0.4 is 5.43 Å². The van der Waals surface area contributed by atoms with Gasteiger partial charge in [0.15, 0.2) is 8.68 Å². The van der Waals surface area contributed by atoms with Crippen LogP contribution in [0.1, 0.15) is 16.7 Å². The predicted octanol–water partition coefficient (Wildman–Crippen LogP) is 5.69. The molecule has 29 heavy (non-hydrogen) atoms. The molecule has 2 aromatic carbocycles. The van der Waals surface area contributed by atoms with Gasteiger partial charge in [0.1, 0.15) is 0 Å². The summed E-state index contributed by atoms with van der Waals surface area (Å²) in [5, 5.41) is 13.1. The second kappa shape index (κ2) is 11.0. The number of aryl methyl sites for hydroxylation is 1. The lowest BCUT2D eigenvalue weighted by atomic mass is 10.2. The van der Waals surface area contributed by atoms with E-state index in [-0.39, 0.29) is 11.7 Å². The summed E-state index contributed by atoms with van der Waals surface area (Å²) < 4.78 is 1.63. The van der Waals surface area contributed by atoms with E-state index in [2.05, 4.69) is 51.9 Å². The molecule has 0 saturated carbocycles. The van der Waals surface area contributed by atoms with Crippen LogP contribution in [0.25, 0.3) is 0 Å². The summed E-state index contributed by atoms with van der Waals surface area (Å²) >= 11 is 16.2. The molecule has 150 valence electrons. The van der Waals surface area contributed by atoms with E-state index < -0.39 is 0 Å². The number of rotatable bonds is 8. The van der Waals surface area contributed by atoms with Crippen LogP contribution in [0, 0.1) is 6.92 Å². The number of hydrazone groups is 1. The lowest BCUT2D eigenvalue weighted by Gasteiger charge is -1.99. The van der Waals surface area contributed by atoms with Gasteiger partial charge in [-0.05, 0) is 30.2 Å². The molecule has 3 aromatic rings. The normalized spacial score (nSPS) is 11.1. The molecule has 0 saturated heterocycles. The van der Waals surface area contributed by atoms with E-state index in [4.69, 9.17) is 23.2 Å². The standard InChI is InChI=1S/C19H16Cl2N4OS3/c1-12-2-4-13(5-3-12)10-27-18-24-25-19(29-18)28-11-17(26)23-22-9-14-6-7-15(20)16(21)8-14/h2-9H,10-11H2,1H3,(H,23,26)/b22-9-. The highest BCUT2D eigenvalue weighted by molar-refractivity contribution is 8.03. The van der Waals surface area contributed by atoms with Crippen LogP contribution in [0.5, 0.6) is 0 Å². The maximum atomic E-state index is 11.9. The smallest absolute Gasteiger partial charge is 0.250 e. The Labute approximate surface area is 191 Å². The highest BCUT2D eigenvalue weighted by Gasteiger charge is 2.08. The summed E-state index contributed by atoms with van der Waals surface area (Å²) in [6, 6.07) is 13.5. The number of thioether (sulfide) groups is 2. The summed E-state index contributed by atoms with van der Waals surface area (Å²) in [6.45, 7) is 2.07. The average Bonchev–Trinajstić information content (AvgIpc) is 3.17. The molecule has 10 heteroatoms. The zero-order chi connectivity index (χ0) is 20.6. The first-order valence-corrected chi connectivity index (χ1v) is 12.0. The fraction of sp³-hybridized carbons (Fsp3) is 0.158. The topological polar surface area (TPSA) is 67.2 Å². The molecular weight excluding hydrogens is 467 g/mol. The van der Waals surface area contributed by atoms with Gasteiger partial charge >= 0.3 is 0 Å². The Morgan fingerprint density at radius 3 is 2.55 bits per heavy atom. The molecule has 5 nitrogen and oxygen atoms in total. The number of hydrogen-bond acceptors (Lipinski definition) is 7. The van der Waals surface area contributed by atoms with E-state index >= 15 is 0 Å². The summed E-state index contributed by atoms with van der Waals surface area (Å²) in [4.78, 5) is 11.9. The third kappa shape index (κ3) is 7.31. The maximum Gasteiger partial charge on any atom is 0.250 e. The number of aromatic nitrogens is 2. The predicted molar refractivity (Wildman–Crippen MR) is 124 cm³/mol. The molecule has 1 heterocycles. The number of hydrogen-bond donors (Lipinski definition) is 1. The van der Waals surface area contributed by atoms with Crippen molar-refractivity contribution in [3.8, 4) is 0 Å². The van der Waals surface area contributed by atoms with Crippen molar-refractivity contribution in [1.29, 1.82) is 0 Å². The van der Waals surface area contributed by atoms with Crippen LogP contribution in [0.3, 0.4) is 0 Å². The molecule has 3 rings (SSSR count). The summed E-state index contributed by atoms with van der Waals surface area (Å²) in [5.41, 5.74) is 5.70. The minimum atomic E-state index is -0.227. The van der Waals surface area contributed by atoms with Crippen molar-refractivity contribution in [3.05, 3.63) is 69.2 Å². The molecule has 0 fully saturated rings. The van der Waals surface area contributed by atoms with Gasteiger partial charge in [0.2, 0.25) is 0 Å². The molecule has 0 bridgehead atoms. The minimum absolute atomic E-state index is 0.204. The molecule has 1 aromatic heterocycles. The van der Waals surface area contributed by atoms with E-state index in [9.17, 15) is 4.79 Å². The summed E-state index contributed by atoms with van der Waals surface area (Å²) in [6.07, 6.45) is 1.51. The number of carbonyl (C=O) groups excluding carboxylic acids is 1. The van der Waals surface area contributed by atoms with Gasteiger partial charge in [-0.3, -0.25) is 4.79 Å². The Hall–Kier alpha value is -1.58. The van der Waals surface area contributed by atoms with E-state index in [1.807, 2.05) is 0 Å². The van der Waals surface area contributed by atoms with Crippen LogP contribution in [0.2, 0.25) is 10.0 Å². The molecular formula is C19H16Cl2N4OS3. The van der Waals surface area contributed by atoms with E-state index in [0.717, 1.165) is 20.0 Å². The van der Waals surface area contributed by atoms with Crippen molar-refractivity contribution in [1.82, 2.24) is 15.6 Å². The van der Waals surface area contributed by atoms with Crippen molar-refractivity contribution in [2.45, 2.75) is 21.4 Å². The van der Waals surface area contributed by atoms with Gasteiger partial charge in [-0.2, -0.15) is 5.10 Å². The molecule has 0 radical (unpaired) electrons. The Kier molecular flexibility index (Phi) is 8.38. The van der Waals surface area contributed by atoms with Crippen LogP contribution in [0.15, 0.2) is 56.2 Å². The number of nitrogens with zero attached hydrogens (tertiary/aromatic N) is 3. The molecule has 0 atom stereocenters. The minimum Gasteiger partial charge on any atom is -0.272 e. The van der Waals surface area contributed by atoms with Crippen molar-refractivity contribution in [3.63, 3.8) is 0 Å². The maximum absolute atomic E-state index is 11.9. The van der Waals surface area contributed by atoms with Crippen molar-refractivity contribution >= 4 is 70.2 Å². The molecule has 0 spiro atoms. The van der Waals surface area contributed by atoms with Crippen molar-refractivity contribution < 1.29 is 4.79 Å². The quantitative estimate of drug-likeness (QED) is 0.253. The summed E-state index contributed by atoms with van der Waals surface area (Å²) in [7, 11) is 0. The molecule has 0 aliphatic heterocycles. The van der Waals surface area contributed by atoms with E-state index in [1.54, 1.807) is 30.0 Å². The van der Waals surface area contributed by atoms with Gasteiger partial charge in [-0.1, -0.05) is 94.0 Å². The van der Waals surface area contributed by atoms with E-state index in [1.165, 1.54) is 40.4 Å². The van der Waals surface area contributed by atoms with Gasteiger partial charge in [0.25, 0.3) is 5.91 Å². The van der Waals surface area contributed by atoms with Gasteiger partial charge in [0.05, 0.1) is 22.0 Å². The Morgan fingerprint density at radius 1 is 1.10 bits per heavy atom. The Morgan fingerprint density at radius 2 is 1.83 bits per heavy atom. The number of halogens is 2. The summed E-state index contributed by atoms with van der Waals surface area (Å²) in [5.74, 6) is 0.815. The largest absolute Gasteiger partial charge is 0.272 e. The fourth-order valence-electron chi connectivity index (χ4n) is 2.07. The Balaban J connectivity index is 1.41. The van der Waals surface area contributed by atoms with Gasteiger partial charge < -0.3 is 0 Å². The average molecular weight is 483 g/mol. The lowest BCUT2D eigenvalue weighted by molar-refractivity contribution is -0.118. The second-order valence-corrected chi connectivity index (χ2v) is 10.1. The van der Waals surface area contributed by atoms with Gasteiger partial charge in [0, 0.05) is 5.75 Å². The second-order valence-electron chi connectivity index (χ2n) is 5.86. The number of nitrogens with one attached hydrogen (secondary N) is 1. The van der Waals surface area contributed by atoms with Crippen molar-refractivity contribution in [2.24, 2.45) is 5.10 Å². The van der Waals surface area contributed by atoms with Crippen molar-refractivity contribution in [2.75, 3.05) is 5.75 Å². The highest BCUT2D eigenvalue weighted by Crippen LogP contribution is 2.30. The fourth-order valence-corrected chi connectivity index (χ4v) is 5.15.